The van der Waals surface area contributed by atoms with Crippen LogP contribution in [0.15, 0.2) is 36.4 Å². The first-order valence-electron chi connectivity index (χ1n) is 8.58. The maximum Gasteiger partial charge on any atom is 0.326 e. The number of likely N-dealkylation sites (N-methyl/N-ethyl adjacent to an activating group) is 1. The number of phenols is 1. The SMILES string of the molecule is COc1cccc(C(C2c3cc(O)ccc3NC2C(=O)O)N(C)C)c1OC. The predicted octanol–water partition coefficient (Wildman–Crippen LogP) is 2.67. The van der Waals surface area contributed by atoms with Gasteiger partial charge in [-0.05, 0) is 43.9 Å². The monoisotopic (exact) mass is 372 g/mol. The van der Waals surface area contributed by atoms with Crippen molar-refractivity contribution in [3.05, 3.63) is 47.5 Å². The number of rotatable bonds is 6. The summed E-state index contributed by atoms with van der Waals surface area (Å²) in [6.07, 6.45) is 0. The molecule has 3 rings (SSSR count). The van der Waals surface area contributed by atoms with Crippen LogP contribution in [-0.4, -0.2) is 55.4 Å². The molecule has 0 radical (unpaired) electrons. The van der Waals surface area contributed by atoms with E-state index in [-0.39, 0.29) is 11.8 Å². The number of anilines is 1. The Hall–Kier alpha value is -2.93. The maximum atomic E-state index is 12.0. The lowest BCUT2D eigenvalue weighted by Crippen LogP contribution is -2.38. The van der Waals surface area contributed by atoms with E-state index in [2.05, 4.69) is 5.32 Å². The van der Waals surface area contributed by atoms with Gasteiger partial charge in [0.05, 0.1) is 14.2 Å². The fraction of sp³-hybridized carbons (Fsp3) is 0.350. The topological polar surface area (TPSA) is 91.3 Å². The summed E-state index contributed by atoms with van der Waals surface area (Å²) >= 11 is 0. The van der Waals surface area contributed by atoms with Gasteiger partial charge in [-0.2, -0.15) is 0 Å². The highest BCUT2D eigenvalue weighted by atomic mass is 16.5. The zero-order chi connectivity index (χ0) is 19.7. The zero-order valence-corrected chi connectivity index (χ0v) is 15.8. The van der Waals surface area contributed by atoms with Crippen molar-refractivity contribution >= 4 is 11.7 Å². The smallest absolute Gasteiger partial charge is 0.326 e. The van der Waals surface area contributed by atoms with E-state index >= 15 is 0 Å². The lowest BCUT2D eigenvalue weighted by molar-refractivity contribution is -0.138. The molecular formula is C20H24N2O5. The number of nitrogens with zero attached hydrogens (tertiary/aromatic N) is 1. The van der Waals surface area contributed by atoms with E-state index in [1.54, 1.807) is 38.5 Å². The third-order valence-corrected chi connectivity index (χ3v) is 4.98. The van der Waals surface area contributed by atoms with Gasteiger partial charge in [0, 0.05) is 23.2 Å². The van der Waals surface area contributed by atoms with Crippen LogP contribution in [0.4, 0.5) is 5.69 Å². The largest absolute Gasteiger partial charge is 0.508 e. The Balaban J connectivity index is 2.20. The first-order chi connectivity index (χ1) is 12.9. The number of carbonyl (C=O) groups is 1. The number of benzene rings is 2. The second-order valence-electron chi connectivity index (χ2n) is 6.75. The first-order valence-corrected chi connectivity index (χ1v) is 8.58. The van der Waals surface area contributed by atoms with Gasteiger partial charge in [-0.3, -0.25) is 0 Å². The zero-order valence-electron chi connectivity index (χ0n) is 15.8. The van der Waals surface area contributed by atoms with Gasteiger partial charge in [0.15, 0.2) is 11.5 Å². The van der Waals surface area contributed by atoms with E-state index in [9.17, 15) is 15.0 Å². The van der Waals surface area contributed by atoms with Crippen molar-refractivity contribution in [3.63, 3.8) is 0 Å². The molecule has 2 aromatic carbocycles. The van der Waals surface area contributed by atoms with Crippen molar-refractivity contribution in [2.24, 2.45) is 0 Å². The van der Waals surface area contributed by atoms with Crippen molar-refractivity contribution in [2.45, 2.75) is 18.0 Å². The summed E-state index contributed by atoms with van der Waals surface area (Å²) in [6.45, 7) is 0. The molecule has 0 saturated carbocycles. The van der Waals surface area contributed by atoms with Crippen molar-refractivity contribution < 1.29 is 24.5 Å². The van der Waals surface area contributed by atoms with E-state index in [1.807, 2.05) is 31.1 Å². The molecule has 0 aliphatic carbocycles. The molecule has 0 amide bonds. The Morgan fingerprint density at radius 3 is 2.52 bits per heavy atom. The van der Waals surface area contributed by atoms with Gasteiger partial charge in [-0.15, -0.1) is 0 Å². The molecule has 0 saturated heterocycles. The normalized spacial score (nSPS) is 19.3. The highest BCUT2D eigenvalue weighted by molar-refractivity contribution is 5.83. The van der Waals surface area contributed by atoms with Gasteiger partial charge in [-0.1, -0.05) is 12.1 Å². The molecule has 1 aliphatic heterocycles. The molecule has 7 heteroatoms. The maximum absolute atomic E-state index is 12.0. The van der Waals surface area contributed by atoms with E-state index in [1.165, 1.54) is 0 Å². The Bertz CT molecular complexity index is 852. The van der Waals surface area contributed by atoms with E-state index < -0.39 is 17.9 Å². The van der Waals surface area contributed by atoms with Crippen molar-refractivity contribution in [1.82, 2.24) is 4.90 Å². The minimum absolute atomic E-state index is 0.0988. The van der Waals surface area contributed by atoms with Crippen LogP contribution in [-0.2, 0) is 4.79 Å². The number of ether oxygens (including phenoxy) is 2. The standard InChI is InChI=1S/C20H24N2O5/c1-22(2)18(12-6-5-7-15(26-3)19(12)27-4)16-13-10-11(23)8-9-14(13)21-17(16)20(24)25/h5-10,16-18,21,23H,1-4H3,(H,24,25). The summed E-state index contributed by atoms with van der Waals surface area (Å²) in [5, 5.41) is 22.9. The number of aromatic hydroxyl groups is 1. The minimum Gasteiger partial charge on any atom is -0.508 e. The van der Waals surface area contributed by atoms with Crippen LogP contribution in [0.25, 0.3) is 0 Å². The molecule has 2 aromatic rings. The highest BCUT2D eigenvalue weighted by Gasteiger charge is 2.44. The number of hydrogen-bond donors (Lipinski definition) is 3. The number of para-hydroxylation sites is 1. The molecule has 3 N–H and O–H groups in total. The summed E-state index contributed by atoms with van der Waals surface area (Å²) in [6, 6.07) is 9.27. The average molecular weight is 372 g/mol. The third-order valence-electron chi connectivity index (χ3n) is 4.98. The molecule has 3 atom stereocenters. The summed E-state index contributed by atoms with van der Waals surface area (Å²) in [5.41, 5.74) is 2.28. The fourth-order valence-electron chi connectivity index (χ4n) is 3.90. The predicted molar refractivity (Wildman–Crippen MR) is 102 cm³/mol. The summed E-state index contributed by atoms with van der Waals surface area (Å²) in [4.78, 5) is 14.0. The number of carboxylic acid groups (broad SMARTS) is 1. The number of aliphatic carboxylic acids is 1. The van der Waals surface area contributed by atoms with E-state index in [0.29, 0.717) is 17.2 Å². The lowest BCUT2D eigenvalue weighted by Gasteiger charge is -2.34. The van der Waals surface area contributed by atoms with Gasteiger partial charge in [-0.25, -0.2) is 4.79 Å². The Morgan fingerprint density at radius 2 is 1.93 bits per heavy atom. The van der Waals surface area contributed by atoms with Gasteiger partial charge in [0.2, 0.25) is 0 Å². The summed E-state index contributed by atoms with van der Waals surface area (Å²) < 4.78 is 11.0. The van der Waals surface area contributed by atoms with Crippen LogP contribution in [0.5, 0.6) is 17.2 Å². The lowest BCUT2D eigenvalue weighted by atomic mass is 9.82. The molecule has 1 heterocycles. The fourth-order valence-corrected chi connectivity index (χ4v) is 3.90. The summed E-state index contributed by atoms with van der Waals surface area (Å²) in [5.74, 6) is -0.154. The van der Waals surface area contributed by atoms with E-state index in [4.69, 9.17) is 9.47 Å². The molecule has 1 aliphatic rings. The van der Waals surface area contributed by atoms with Crippen LogP contribution in [0, 0.1) is 0 Å². The minimum atomic E-state index is -0.954. The number of fused-ring (bicyclic) bond motifs is 1. The summed E-state index contributed by atoms with van der Waals surface area (Å²) in [7, 11) is 6.92. The Kier molecular flexibility index (Phi) is 5.14. The molecular weight excluding hydrogens is 348 g/mol. The molecule has 0 spiro atoms. The van der Waals surface area contributed by atoms with Crippen LogP contribution in [0.3, 0.4) is 0 Å². The molecule has 0 aromatic heterocycles. The second kappa shape index (κ2) is 7.36. The molecule has 144 valence electrons. The number of hydrogen-bond acceptors (Lipinski definition) is 6. The van der Waals surface area contributed by atoms with Crippen LogP contribution >= 0.6 is 0 Å². The third kappa shape index (κ3) is 3.26. The van der Waals surface area contributed by atoms with Crippen molar-refractivity contribution in [2.75, 3.05) is 33.6 Å². The number of carboxylic acids is 1. The highest BCUT2D eigenvalue weighted by Crippen LogP contribution is 2.49. The molecule has 0 bridgehead atoms. The van der Waals surface area contributed by atoms with Gasteiger partial charge in [0.1, 0.15) is 11.8 Å². The quantitative estimate of drug-likeness (QED) is 0.672. The molecule has 27 heavy (non-hydrogen) atoms. The van der Waals surface area contributed by atoms with E-state index in [0.717, 1.165) is 11.1 Å². The van der Waals surface area contributed by atoms with Gasteiger partial charge < -0.3 is 29.9 Å². The number of nitrogens with one attached hydrogen (secondary N) is 1. The molecule has 3 unspecified atom stereocenters. The average Bonchev–Trinajstić information content (AvgIpc) is 3.00. The Labute approximate surface area is 158 Å². The van der Waals surface area contributed by atoms with Crippen molar-refractivity contribution in [1.29, 1.82) is 0 Å². The van der Waals surface area contributed by atoms with Crippen LogP contribution in [0.2, 0.25) is 0 Å². The number of phenolic OH excluding ortho intramolecular Hbond substituents is 1. The van der Waals surface area contributed by atoms with Gasteiger partial charge >= 0.3 is 5.97 Å². The number of methoxy groups -OCH3 is 2. The van der Waals surface area contributed by atoms with Crippen molar-refractivity contribution in [3.8, 4) is 17.2 Å². The van der Waals surface area contributed by atoms with Crippen LogP contribution in [0.1, 0.15) is 23.1 Å². The van der Waals surface area contributed by atoms with Gasteiger partial charge in [0.25, 0.3) is 0 Å². The molecule has 0 fully saturated rings. The second-order valence-corrected chi connectivity index (χ2v) is 6.75. The first kappa shape index (κ1) is 18.8. The van der Waals surface area contributed by atoms with Crippen LogP contribution < -0.4 is 14.8 Å². The Morgan fingerprint density at radius 1 is 1.19 bits per heavy atom. The molecule has 7 nitrogen and oxygen atoms in total.